The third-order valence-corrected chi connectivity index (χ3v) is 6.90. The summed E-state index contributed by atoms with van der Waals surface area (Å²) in [6.07, 6.45) is 7.23. The molecule has 2 heterocycles. The normalized spacial score (nSPS) is 29.9. The van der Waals surface area contributed by atoms with E-state index in [9.17, 15) is 4.79 Å². The van der Waals surface area contributed by atoms with Crippen LogP contribution >= 0.6 is 0 Å². The lowest BCUT2D eigenvalue weighted by atomic mass is 9.48. The monoisotopic (exact) mass is 345 g/mol. The summed E-state index contributed by atoms with van der Waals surface area (Å²) >= 11 is 0. The van der Waals surface area contributed by atoms with E-state index in [0.29, 0.717) is 17.8 Å². The van der Waals surface area contributed by atoms with Crippen LogP contribution < -0.4 is 0 Å². The number of likely N-dealkylation sites (tertiary alicyclic amines) is 1. The van der Waals surface area contributed by atoms with Crippen molar-refractivity contribution in [2.75, 3.05) is 26.8 Å². The maximum absolute atomic E-state index is 12.8. The lowest BCUT2D eigenvalue weighted by Crippen LogP contribution is -2.55. The molecular weight excluding hydrogens is 314 g/mol. The predicted molar refractivity (Wildman–Crippen MR) is 96.3 cm³/mol. The molecule has 1 N–H and O–H groups in total. The summed E-state index contributed by atoms with van der Waals surface area (Å²) in [5, 5.41) is 7.67. The van der Waals surface area contributed by atoms with E-state index in [-0.39, 0.29) is 11.3 Å². The standard InChI is InChI=1S/C20H31N3O2/c1-19(2)11-20(13-25-3)12-23(10-17(19)20)18(24)9-8-16-14-6-4-5-7-15(14)21-22-16/h17H,4-13H2,1-3H3,(H,21,22)/t17-,20-/m1/s1. The largest absolute Gasteiger partial charge is 0.384 e. The number of carbonyl (C=O) groups is 1. The number of H-pyrrole nitrogens is 1. The molecule has 25 heavy (non-hydrogen) atoms. The van der Waals surface area contributed by atoms with Gasteiger partial charge in [0.15, 0.2) is 0 Å². The van der Waals surface area contributed by atoms with E-state index in [0.717, 1.165) is 51.1 Å². The van der Waals surface area contributed by atoms with Crippen LogP contribution in [-0.2, 0) is 28.8 Å². The molecule has 1 saturated carbocycles. The van der Waals surface area contributed by atoms with E-state index in [1.165, 1.54) is 24.1 Å². The van der Waals surface area contributed by atoms with Crippen LogP contribution in [0.2, 0.25) is 0 Å². The minimum absolute atomic E-state index is 0.194. The zero-order valence-electron chi connectivity index (χ0n) is 15.9. The van der Waals surface area contributed by atoms with E-state index >= 15 is 0 Å². The Kier molecular flexibility index (Phi) is 4.18. The van der Waals surface area contributed by atoms with Crippen LogP contribution in [0.15, 0.2) is 0 Å². The molecule has 1 saturated heterocycles. The molecule has 1 aliphatic heterocycles. The first-order valence-electron chi connectivity index (χ1n) is 9.77. The van der Waals surface area contributed by atoms with Crippen molar-refractivity contribution in [2.45, 2.75) is 58.8 Å². The lowest BCUT2D eigenvalue weighted by Gasteiger charge is -2.56. The number of aryl methyl sites for hydroxylation is 2. The zero-order valence-corrected chi connectivity index (χ0v) is 15.9. The number of hydrogen-bond acceptors (Lipinski definition) is 3. The second kappa shape index (κ2) is 6.11. The molecule has 5 heteroatoms. The van der Waals surface area contributed by atoms with Crippen molar-refractivity contribution >= 4 is 5.91 Å². The molecule has 3 aliphatic rings. The topological polar surface area (TPSA) is 58.2 Å². The number of nitrogens with one attached hydrogen (secondary N) is 1. The van der Waals surface area contributed by atoms with E-state index in [2.05, 4.69) is 28.9 Å². The second-order valence-electron chi connectivity index (χ2n) is 9.12. The number of nitrogens with zero attached hydrogens (tertiary/aromatic N) is 2. The second-order valence-corrected chi connectivity index (χ2v) is 9.12. The highest BCUT2D eigenvalue weighted by Crippen LogP contribution is 2.62. The molecule has 5 nitrogen and oxygen atoms in total. The Morgan fingerprint density at radius 1 is 1.36 bits per heavy atom. The number of aromatic amines is 1. The minimum atomic E-state index is 0.194. The summed E-state index contributed by atoms with van der Waals surface area (Å²) in [7, 11) is 1.78. The van der Waals surface area contributed by atoms with Gasteiger partial charge in [0, 0.05) is 44.1 Å². The molecule has 0 aromatic carbocycles. The average Bonchev–Trinajstić information content (AvgIpc) is 3.12. The maximum atomic E-state index is 12.8. The summed E-state index contributed by atoms with van der Waals surface area (Å²) in [6, 6.07) is 0. The predicted octanol–water partition coefficient (Wildman–Crippen LogP) is 2.74. The first-order chi connectivity index (χ1) is 12.0. The number of rotatable bonds is 5. The Morgan fingerprint density at radius 2 is 2.16 bits per heavy atom. The molecule has 2 aliphatic carbocycles. The van der Waals surface area contributed by atoms with Crippen LogP contribution in [0.5, 0.6) is 0 Å². The average molecular weight is 345 g/mol. The van der Waals surface area contributed by atoms with Crippen molar-refractivity contribution in [3.05, 3.63) is 17.0 Å². The third-order valence-electron chi connectivity index (χ3n) is 6.90. The summed E-state index contributed by atoms with van der Waals surface area (Å²) in [5.41, 5.74) is 4.33. The van der Waals surface area contributed by atoms with E-state index in [1.807, 2.05) is 0 Å². The quantitative estimate of drug-likeness (QED) is 0.893. The third kappa shape index (κ3) is 2.80. The highest BCUT2D eigenvalue weighted by Gasteiger charge is 2.63. The number of hydrogen-bond donors (Lipinski definition) is 1. The van der Waals surface area contributed by atoms with Gasteiger partial charge in [0.05, 0.1) is 12.3 Å². The Bertz CT molecular complexity index is 666. The Labute approximate surface area is 150 Å². The van der Waals surface area contributed by atoms with Gasteiger partial charge in [-0.1, -0.05) is 13.8 Å². The molecule has 2 atom stereocenters. The van der Waals surface area contributed by atoms with Crippen molar-refractivity contribution in [3.63, 3.8) is 0 Å². The fraction of sp³-hybridized carbons (Fsp3) is 0.800. The molecule has 0 radical (unpaired) electrons. The fourth-order valence-electron chi connectivity index (χ4n) is 5.94. The summed E-state index contributed by atoms with van der Waals surface area (Å²) < 4.78 is 5.50. The number of ether oxygens (including phenoxy) is 1. The van der Waals surface area contributed by atoms with Gasteiger partial charge in [-0.3, -0.25) is 9.89 Å². The van der Waals surface area contributed by atoms with E-state index < -0.39 is 0 Å². The molecule has 0 spiro atoms. The van der Waals surface area contributed by atoms with Crippen molar-refractivity contribution in [2.24, 2.45) is 16.7 Å². The van der Waals surface area contributed by atoms with Gasteiger partial charge in [-0.25, -0.2) is 0 Å². The molecule has 1 aromatic heterocycles. The number of aromatic nitrogens is 2. The number of amides is 1. The molecule has 138 valence electrons. The van der Waals surface area contributed by atoms with E-state index in [1.54, 1.807) is 7.11 Å². The van der Waals surface area contributed by atoms with E-state index in [4.69, 9.17) is 4.74 Å². The van der Waals surface area contributed by atoms with Gasteiger partial charge in [0.2, 0.25) is 5.91 Å². The van der Waals surface area contributed by atoms with Gasteiger partial charge < -0.3 is 9.64 Å². The van der Waals surface area contributed by atoms with Crippen LogP contribution in [0.3, 0.4) is 0 Å². The summed E-state index contributed by atoms with van der Waals surface area (Å²) in [4.78, 5) is 14.9. The van der Waals surface area contributed by atoms with Gasteiger partial charge in [0.1, 0.15) is 0 Å². The Morgan fingerprint density at radius 3 is 2.92 bits per heavy atom. The fourth-order valence-corrected chi connectivity index (χ4v) is 5.94. The van der Waals surface area contributed by atoms with Gasteiger partial charge >= 0.3 is 0 Å². The molecule has 4 rings (SSSR count). The van der Waals surface area contributed by atoms with Crippen molar-refractivity contribution in [3.8, 4) is 0 Å². The SMILES string of the molecule is COC[C@@]12CN(C(=O)CCc3n[nH]c4c3CCCC4)C[C@@H]1C(C)(C)C2. The highest BCUT2D eigenvalue weighted by molar-refractivity contribution is 5.77. The summed E-state index contributed by atoms with van der Waals surface area (Å²) in [5.74, 6) is 0.857. The molecule has 0 unspecified atom stereocenters. The van der Waals surface area contributed by atoms with Crippen molar-refractivity contribution < 1.29 is 9.53 Å². The number of methoxy groups -OCH3 is 1. The lowest BCUT2D eigenvalue weighted by molar-refractivity contribution is -0.131. The highest BCUT2D eigenvalue weighted by atomic mass is 16.5. The Hall–Kier alpha value is -1.36. The molecular formula is C20H31N3O2. The van der Waals surface area contributed by atoms with Gasteiger partial charge in [-0.05, 0) is 49.0 Å². The smallest absolute Gasteiger partial charge is 0.222 e. The van der Waals surface area contributed by atoms with Crippen molar-refractivity contribution in [1.82, 2.24) is 15.1 Å². The van der Waals surface area contributed by atoms with Crippen LogP contribution in [0.4, 0.5) is 0 Å². The number of carbonyl (C=O) groups excluding carboxylic acids is 1. The van der Waals surface area contributed by atoms with Crippen LogP contribution in [0.1, 0.15) is 56.5 Å². The molecule has 0 bridgehead atoms. The number of fused-ring (bicyclic) bond motifs is 2. The van der Waals surface area contributed by atoms with Gasteiger partial charge in [0.25, 0.3) is 0 Å². The van der Waals surface area contributed by atoms with Gasteiger partial charge in [-0.15, -0.1) is 0 Å². The summed E-state index contributed by atoms with van der Waals surface area (Å²) in [6.45, 7) is 7.20. The van der Waals surface area contributed by atoms with Crippen LogP contribution in [0, 0.1) is 16.7 Å². The molecule has 1 amide bonds. The first kappa shape index (κ1) is 17.1. The molecule has 1 aromatic rings. The van der Waals surface area contributed by atoms with Crippen LogP contribution in [-0.4, -0.2) is 47.8 Å². The zero-order chi connectivity index (χ0) is 17.7. The van der Waals surface area contributed by atoms with Crippen molar-refractivity contribution in [1.29, 1.82) is 0 Å². The minimum Gasteiger partial charge on any atom is -0.384 e. The molecule has 2 fully saturated rings. The maximum Gasteiger partial charge on any atom is 0.222 e. The first-order valence-corrected chi connectivity index (χ1v) is 9.77. The van der Waals surface area contributed by atoms with Crippen LogP contribution in [0.25, 0.3) is 0 Å². The van der Waals surface area contributed by atoms with Gasteiger partial charge in [-0.2, -0.15) is 5.10 Å². The Balaban J connectivity index is 1.38.